The van der Waals surface area contributed by atoms with Crippen LogP contribution >= 0.6 is 0 Å². The summed E-state index contributed by atoms with van der Waals surface area (Å²) in [6.07, 6.45) is 2.43. The van der Waals surface area contributed by atoms with Crippen LogP contribution < -0.4 is 10.1 Å². The van der Waals surface area contributed by atoms with E-state index in [9.17, 15) is 0 Å². The fourth-order valence-electron chi connectivity index (χ4n) is 2.80. The molecule has 0 saturated carbocycles. The average Bonchev–Trinajstić information content (AvgIpc) is 3.03. The first kappa shape index (κ1) is 15.0. The van der Waals surface area contributed by atoms with Gasteiger partial charge in [-0.15, -0.1) is 0 Å². The van der Waals surface area contributed by atoms with Crippen LogP contribution in [0, 0.1) is 0 Å². The van der Waals surface area contributed by atoms with Crippen LogP contribution in [0.5, 0.6) is 5.75 Å². The number of ether oxygens (including phenoxy) is 1. The Morgan fingerprint density at radius 2 is 2.18 bits per heavy atom. The van der Waals surface area contributed by atoms with Gasteiger partial charge in [0.25, 0.3) is 0 Å². The number of rotatable bonds is 5. The van der Waals surface area contributed by atoms with E-state index in [1.165, 1.54) is 12.8 Å². The lowest BCUT2D eigenvalue weighted by molar-refractivity contribution is 0.167. The zero-order valence-electron chi connectivity index (χ0n) is 13.1. The molecule has 1 aliphatic rings. The Labute approximate surface area is 130 Å². The van der Waals surface area contributed by atoms with Crippen LogP contribution in [0.2, 0.25) is 0 Å². The molecule has 2 aromatic rings. The third-order valence-corrected chi connectivity index (χ3v) is 4.09. The van der Waals surface area contributed by atoms with E-state index in [2.05, 4.69) is 20.4 Å². The summed E-state index contributed by atoms with van der Waals surface area (Å²) in [6.45, 7) is 2.82. The smallest absolute Gasteiger partial charge is 0.241 e. The van der Waals surface area contributed by atoms with Gasteiger partial charge in [0.1, 0.15) is 5.75 Å². The van der Waals surface area contributed by atoms with E-state index >= 15 is 0 Å². The summed E-state index contributed by atoms with van der Waals surface area (Å²) >= 11 is 0. The van der Waals surface area contributed by atoms with Crippen molar-refractivity contribution in [1.29, 1.82) is 0 Å². The van der Waals surface area contributed by atoms with Gasteiger partial charge in [0.15, 0.2) is 0 Å². The van der Waals surface area contributed by atoms with Crippen molar-refractivity contribution in [2.75, 3.05) is 27.2 Å². The van der Waals surface area contributed by atoms with Gasteiger partial charge in [-0.1, -0.05) is 5.16 Å². The maximum Gasteiger partial charge on any atom is 0.241 e. The molecule has 0 aliphatic carbocycles. The fraction of sp³-hybridized carbons (Fsp3) is 0.500. The molecule has 22 heavy (non-hydrogen) atoms. The summed E-state index contributed by atoms with van der Waals surface area (Å²) < 4.78 is 10.5. The van der Waals surface area contributed by atoms with E-state index in [0.29, 0.717) is 24.3 Å². The van der Waals surface area contributed by atoms with Gasteiger partial charge in [-0.25, -0.2) is 0 Å². The predicted octanol–water partition coefficient (Wildman–Crippen LogP) is 1.93. The SMILES string of the molecule is CNC1CCCN(Cc2nc(-c3ccc(OC)cc3)no2)C1. The van der Waals surface area contributed by atoms with E-state index in [1.807, 2.05) is 31.3 Å². The second-order valence-corrected chi connectivity index (χ2v) is 5.60. The molecule has 1 unspecified atom stereocenters. The van der Waals surface area contributed by atoms with Crippen LogP contribution in [-0.2, 0) is 6.54 Å². The Kier molecular flexibility index (Phi) is 4.70. The Bertz CT molecular complexity index is 596. The second-order valence-electron chi connectivity index (χ2n) is 5.60. The number of hydrogen-bond donors (Lipinski definition) is 1. The Morgan fingerprint density at radius 1 is 1.36 bits per heavy atom. The van der Waals surface area contributed by atoms with E-state index in [1.54, 1.807) is 7.11 Å². The third-order valence-electron chi connectivity index (χ3n) is 4.09. The van der Waals surface area contributed by atoms with Crippen molar-refractivity contribution in [3.63, 3.8) is 0 Å². The second kappa shape index (κ2) is 6.89. The number of methoxy groups -OCH3 is 1. The summed E-state index contributed by atoms with van der Waals surface area (Å²) in [6, 6.07) is 8.22. The zero-order chi connectivity index (χ0) is 15.4. The molecule has 1 aromatic heterocycles. The molecule has 0 radical (unpaired) electrons. The molecule has 1 atom stereocenters. The maximum absolute atomic E-state index is 5.39. The Morgan fingerprint density at radius 3 is 2.91 bits per heavy atom. The molecule has 1 N–H and O–H groups in total. The third kappa shape index (κ3) is 3.45. The first-order valence-electron chi connectivity index (χ1n) is 7.65. The van der Waals surface area contributed by atoms with Gasteiger partial charge in [0.05, 0.1) is 13.7 Å². The van der Waals surface area contributed by atoms with Gasteiger partial charge >= 0.3 is 0 Å². The molecule has 1 aliphatic heterocycles. The van der Waals surface area contributed by atoms with E-state index in [0.717, 1.165) is 24.4 Å². The molecule has 1 aromatic carbocycles. The number of hydrogen-bond acceptors (Lipinski definition) is 6. The standard InChI is InChI=1S/C16H22N4O2/c1-17-13-4-3-9-20(10-13)11-15-18-16(19-22-15)12-5-7-14(21-2)8-6-12/h5-8,13,17H,3-4,9-11H2,1-2H3. The van der Waals surface area contributed by atoms with E-state index in [4.69, 9.17) is 9.26 Å². The molecule has 0 bridgehead atoms. The largest absolute Gasteiger partial charge is 0.497 e. The van der Waals surface area contributed by atoms with Crippen molar-refractivity contribution < 1.29 is 9.26 Å². The molecule has 1 saturated heterocycles. The normalized spacial score (nSPS) is 19.3. The van der Waals surface area contributed by atoms with Gasteiger partial charge in [0, 0.05) is 18.2 Å². The molecule has 6 nitrogen and oxygen atoms in total. The lowest BCUT2D eigenvalue weighted by Gasteiger charge is -2.31. The van der Waals surface area contributed by atoms with Gasteiger partial charge in [-0.05, 0) is 50.7 Å². The highest BCUT2D eigenvalue weighted by molar-refractivity contribution is 5.55. The lowest BCUT2D eigenvalue weighted by Crippen LogP contribution is -2.43. The topological polar surface area (TPSA) is 63.4 Å². The first-order valence-corrected chi connectivity index (χ1v) is 7.65. The molecule has 1 fully saturated rings. The van der Waals surface area contributed by atoms with Crippen molar-refractivity contribution >= 4 is 0 Å². The van der Waals surface area contributed by atoms with Gasteiger partial charge in [-0.2, -0.15) is 4.98 Å². The minimum absolute atomic E-state index is 0.553. The van der Waals surface area contributed by atoms with E-state index < -0.39 is 0 Å². The molecule has 0 spiro atoms. The minimum Gasteiger partial charge on any atom is -0.497 e. The highest BCUT2D eigenvalue weighted by Crippen LogP contribution is 2.20. The van der Waals surface area contributed by atoms with Crippen molar-refractivity contribution in [1.82, 2.24) is 20.4 Å². The van der Waals surface area contributed by atoms with Gasteiger partial charge in [-0.3, -0.25) is 4.90 Å². The van der Waals surface area contributed by atoms with Crippen molar-refractivity contribution in [3.8, 4) is 17.1 Å². The Hall–Kier alpha value is -1.92. The summed E-state index contributed by atoms with van der Waals surface area (Å²) in [5, 5.41) is 7.42. The number of nitrogens with one attached hydrogen (secondary N) is 1. The maximum atomic E-state index is 5.39. The molecule has 3 rings (SSSR count). The van der Waals surface area contributed by atoms with Gasteiger partial charge < -0.3 is 14.6 Å². The molecule has 118 valence electrons. The van der Waals surface area contributed by atoms with Gasteiger partial charge in [0.2, 0.25) is 11.7 Å². The zero-order valence-corrected chi connectivity index (χ0v) is 13.1. The molecular weight excluding hydrogens is 280 g/mol. The predicted molar refractivity (Wildman–Crippen MR) is 83.6 cm³/mol. The lowest BCUT2D eigenvalue weighted by atomic mass is 10.1. The van der Waals surface area contributed by atoms with Crippen molar-refractivity contribution in [3.05, 3.63) is 30.2 Å². The summed E-state index contributed by atoms with van der Waals surface area (Å²) in [7, 11) is 3.67. The van der Waals surface area contributed by atoms with Crippen LogP contribution in [0.25, 0.3) is 11.4 Å². The summed E-state index contributed by atoms with van der Waals surface area (Å²) in [5.74, 6) is 2.11. The number of benzene rings is 1. The molecule has 2 heterocycles. The Balaban J connectivity index is 1.65. The van der Waals surface area contributed by atoms with E-state index in [-0.39, 0.29) is 0 Å². The molecule has 0 amide bonds. The highest BCUT2D eigenvalue weighted by atomic mass is 16.5. The highest BCUT2D eigenvalue weighted by Gasteiger charge is 2.20. The first-order chi connectivity index (χ1) is 10.8. The number of nitrogens with zero attached hydrogens (tertiary/aromatic N) is 3. The molecular formula is C16H22N4O2. The van der Waals surface area contributed by atoms with Crippen LogP contribution in [0.1, 0.15) is 18.7 Å². The molecule has 6 heteroatoms. The number of likely N-dealkylation sites (tertiary alicyclic amines) is 1. The number of aromatic nitrogens is 2. The van der Waals surface area contributed by atoms with Crippen molar-refractivity contribution in [2.45, 2.75) is 25.4 Å². The van der Waals surface area contributed by atoms with Crippen LogP contribution in [0.3, 0.4) is 0 Å². The number of likely N-dealkylation sites (N-methyl/N-ethyl adjacent to an activating group) is 1. The minimum atomic E-state index is 0.553. The van der Waals surface area contributed by atoms with Crippen LogP contribution in [-0.4, -0.2) is 48.3 Å². The summed E-state index contributed by atoms with van der Waals surface area (Å²) in [4.78, 5) is 6.86. The monoisotopic (exact) mass is 302 g/mol. The fourth-order valence-corrected chi connectivity index (χ4v) is 2.80. The quantitative estimate of drug-likeness (QED) is 0.910. The van der Waals surface area contributed by atoms with Crippen LogP contribution in [0.15, 0.2) is 28.8 Å². The van der Waals surface area contributed by atoms with Crippen LogP contribution in [0.4, 0.5) is 0 Å². The summed E-state index contributed by atoms with van der Waals surface area (Å²) in [5.41, 5.74) is 0.933. The number of piperidine rings is 1. The van der Waals surface area contributed by atoms with Crippen molar-refractivity contribution in [2.24, 2.45) is 0 Å². The average molecular weight is 302 g/mol.